The highest BCUT2D eigenvalue weighted by atomic mass is 16.6. The van der Waals surface area contributed by atoms with Crippen LogP contribution >= 0.6 is 0 Å². The molecule has 1 spiro atoms. The third-order valence-electron chi connectivity index (χ3n) is 9.12. The second-order valence-corrected chi connectivity index (χ2v) is 13.0. The Morgan fingerprint density at radius 2 is 1.53 bits per heavy atom. The van der Waals surface area contributed by atoms with Gasteiger partial charge in [-0.15, -0.1) is 0 Å². The van der Waals surface area contributed by atoms with Crippen LogP contribution in [0.4, 0.5) is 4.79 Å². The number of hydrogen-bond donors (Lipinski definition) is 3. The van der Waals surface area contributed by atoms with E-state index in [2.05, 4.69) is 13.2 Å². The lowest BCUT2D eigenvalue weighted by atomic mass is 9.77. The van der Waals surface area contributed by atoms with E-state index in [-0.39, 0.29) is 70.4 Å². The molecule has 1 unspecified atom stereocenters. The van der Waals surface area contributed by atoms with Gasteiger partial charge in [0.05, 0.1) is 5.56 Å². The number of benzene rings is 4. The van der Waals surface area contributed by atoms with Gasteiger partial charge >= 0.3 is 12.1 Å². The minimum absolute atomic E-state index is 0.00601. The van der Waals surface area contributed by atoms with Crippen molar-refractivity contribution in [3.05, 3.63) is 105 Å². The van der Waals surface area contributed by atoms with E-state index in [9.17, 15) is 29.7 Å². The van der Waals surface area contributed by atoms with Crippen LogP contribution in [0.3, 0.4) is 0 Å². The Bertz CT molecular complexity index is 2140. The summed E-state index contributed by atoms with van der Waals surface area (Å²) in [5, 5.41) is 31.5. The molecule has 0 bridgehead atoms. The molecule has 0 saturated heterocycles. The van der Waals surface area contributed by atoms with Gasteiger partial charge in [0.15, 0.2) is 5.60 Å². The van der Waals surface area contributed by atoms with Gasteiger partial charge in [0.25, 0.3) is 0 Å². The van der Waals surface area contributed by atoms with E-state index in [4.69, 9.17) is 14.2 Å². The molecule has 4 aromatic carbocycles. The van der Waals surface area contributed by atoms with Crippen molar-refractivity contribution in [2.45, 2.75) is 31.3 Å². The van der Waals surface area contributed by atoms with Gasteiger partial charge in [-0.1, -0.05) is 45.2 Å². The summed E-state index contributed by atoms with van der Waals surface area (Å²) in [4.78, 5) is 42.1. The minimum Gasteiger partial charge on any atom is -0.508 e. The predicted octanol–water partition coefficient (Wildman–Crippen LogP) is 4.45. The third kappa shape index (κ3) is 5.56. The van der Waals surface area contributed by atoms with Gasteiger partial charge in [-0.3, -0.25) is 4.79 Å². The van der Waals surface area contributed by atoms with E-state index in [0.29, 0.717) is 27.8 Å². The quantitative estimate of drug-likeness (QED) is 0.193. The van der Waals surface area contributed by atoms with Crippen LogP contribution in [0.1, 0.15) is 52.9 Å². The van der Waals surface area contributed by atoms with Crippen molar-refractivity contribution in [3.8, 4) is 34.5 Å². The van der Waals surface area contributed by atoms with Crippen molar-refractivity contribution in [1.82, 2.24) is 9.80 Å². The standard InChI is InChI=1S/C38H36N2O9/c1-21-17-29(42)22(2)33(34(21)44)37(3,4)20-32(43)39(5)15-16-40(6)36(46)47-24-12-14-28-31(19-24)48-30-18-23(41)11-13-27(30)38(28)26-10-8-7-9-25(26)35(45)49-38/h7-14,17-19,41-42,44H,1-2,15-16,20H2,3-6H3. The molecule has 2 aliphatic rings. The molecule has 0 saturated carbocycles. The van der Waals surface area contributed by atoms with E-state index in [1.54, 1.807) is 51.2 Å². The summed E-state index contributed by atoms with van der Waals surface area (Å²) >= 11 is 0. The van der Waals surface area contributed by atoms with Crippen LogP contribution in [0.25, 0.3) is 13.2 Å². The number of carbonyl (C=O) groups excluding carboxylic acids is 3. The van der Waals surface area contributed by atoms with Crippen molar-refractivity contribution in [3.63, 3.8) is 0 Å². The second kappa shape index (κ2) is 11.9. The fourth-order valence-electron chi connectivity index (χ4n) is 6.49. The molecule has 2 heterocycles. The van der Waals surface area contributed by atoms with E-state index < -0.39 is 23.1 Å². The molecule has 4 aromatic rings. The molecule has 0 fully saturated rings. The molecule has 11 nitrogen and oxygen atoms in total. The van der Waals surface area contributed by atoms with E-state index in [1.807, 2.05) is 12.1 Å². The minimum atomic E-state index is -1.33. The van der Waals surface area contributed by atoms with Crippen molar-refractivity contribution >= 4 is 31.1 Å². The lowest BCUT2D eigenvalue weighted by Crippen LogP contribution is -2.41. The molecule has 2 aliphatic heterocycles. The molecule has 6 rings (SSSR count). The van der Waals surface area contributed by atoms with Crippen LogP contribution in [-0.4, -0.2) is 70.3 Å². The van der Waals surface area contributed by atoms with Gasteiger partial charge in [-0.2, -0.15) is 0 Å². The summed E-state index contributed by atoms with van der Waals surface area (Å²) in [5.41, 5.74) is 0.233. The van der Waals surface area contributed by atoms with Crippen LogP contribution in [0.2, 0.25) is 0 Å². The number of nitrogens with zero attached hydrogens (tertiary/aromatic N) is 2. The zero-order valence-corrected chi connectivity index (χ0v) is 27.6. The molecule has 252 valence electrons. The molecule has 0 aliphatic carbocycles. The first-order valence-corrected chi connectivity index (χ1v) is 15.5. The predicted molar refractivity (Wildman–Crippen MR) is 180 cm³/mol. The van der Waals surface area contributed by atoms with Gasteiger partial charge in [-0.25, -0.2) is 9.59 Å². The highest BCUT2D eigenvalue weighted by Crippen LogP contribution is 2.57. The number of amides is 2. The number of esters is 1. The Hall–Kier alpha value is -5.97. The molecule has 0 aromatic heterocycles. The number of hydrogen-bond acceptors (Lipinski definition) is 9. The third-order valence-corrected chi connectivity index (χ3v) is 9.12. The number of carbonyl (C=O) groups is 3. The highest BCUT2D eigenvalue weighted by Gasteiger charge is 2.53. The fraction of sp³-hybridized carbons (Fsp3) is 0.237. The van der Waals surface area contributed by atoms with Crippen molar-refractivity contribution in [2.75, 3.05) is 27.2 Å². The Morgan fingerprint density at radius 3 is 2.27 bits per heavy atom. The molecule has 0 radical (unpaired) electrons. The number of rotatable bonds is 7. The Balaban J connectivity index is 1.16. The molecular formula is C38H36N2O9. The summed E-state index contributed by atoms with van der Waals surface area (Å²) < 4.78 is 17.9. The lowest BCUT2D eigenvalue weighted by molar-refractivity contribution is -0.131. The number of ether oxygens (including phenoxy) is 3. The molecule has 1 atom stereocenters. The van der Waals surface area contributed by atoms with Gasteiger partial charge in [0.2, 0.25) is 5.91 Å². The Labute approximate surface area is 282 Å². The molecule has 11 heteroatoms. The van der Waals surface area contributed by atoms with E-state index in [0.717, 1.165) is 0 Å². The van der Waals surface area contributed by atoms with Gasteiger partial charge in [-0.05, 0) is 36.4 Å². The van der Waals surface area contributed by atoms with Crippen LogP contribution in [-0.2, 0) is 20.5 Å². The summed E-state index contributed by atoms with van der Waals surface area (Å²) in [6.45, 7) is 11.5. The average molecular weight is 665 g/mol. The smallest absolute Gasteiger partial charge is 0.415 e. The summed E-state index contributed by atoms with van der Waals surface area (Å²) in [6, 6.07) is 17.8. The maximum atomic E-state index is 13.2. The first-order chi connectivity index (χ1) is 23.1. The first kappa shape index (κ1) is 33.0. The van der Waals surface area contributed by atoms with E-state index in [1.165, 1.54) is 41.1 Å². The fourth-order valence-corrected chi connectivity index (χ4v) is 6.49. The maximum Gasteiger partial charge on any atom is 0.415 e. The number of phenols is 3. The Morgan fingerprint density at radius 1 is 0.878 bits per heavy atom. The number of aromatic hydroxyl groups is 3. The number of fused-ring (bicyclic) bond motifs is 6. The topological polar surface area (TPSA) is 146 Å². The highest BCUT2D eigenvalue weighted by molar-refractivity contribution is 5.97. The van der Waals surface area contributed by atoms with Crippen LogP contribution < -0.4 is 19.9 Å². The first-order valence-electron chi connectivity index (χ1n) is 15.5. The number of likely N-dealkylation sites (N-methyl/N-ethyl adjacent to an activating group) is 2. The van der Waals surface area contributed by atoms with Gasteiger partial charge < -0.3 is 39.3 Å². The SMILES string of the molecule is C=c1cc(O)c(=C)c(C(C)(C)CC(=O)N(C)CCN(C)C(=O)Oc2ccc3c(c2)Oc2cc(O)ccc2C32OC(=O)c3ccccc32)c1O. The monoisotopic (exact) mass is 664 g/mol. The average Bonchev–Trinajstić information content (AvgIpc) is 3.34. The Kier molecular flexibility index (Phi) is 8.02. The zero-order chi connectivity index (χ0) is 35.4. The molecule has 3 N–H and O–H groups in total. The maximum absolute atomic E-state index is 13.2. The van der Waals surface area contributed by atoms with Gasteiger partial charge in [0.1, 0.15) is 34.5 Å². The van der Waals surface area contributed by atoms with Crippen LogP contribution in [0, 0.1) is 0 Å². The van der Waals surface area contributed by atoms with Gasteiger partial charge in [0, 0.05) is 83.8 Å². The normalized spacial score (nSPS) is 15.8. The molecular weight excluding hydrogens is 628 g/mol. The van der Waals surface area contributed by atoms with E-state index >= 15 is 0 Å². The van der Waals surface area contributed by atoms with Crippen molar-refractivity contribution in [2.24, 2.45) is 0 Å². The van der Waals surface area contributed by atoms with Crippen LogP contribution in [0.5, 0.6) is 34.5 Å². The lowest BCUT2D eigenvalue weighted by Gasteiger charge is -2.36. The zero-order valence-electron chi connectivity index (χ0n) is 27.6. The van der Waals surface area contributed by atoms with Crippen molar-refractivity contribution in [1.29, 1.82) is 0 Å². The second-order valence-electron chi connectivity index (χ2n) is 13.0. The largest absolute Gasteiger partial charge is 0.508 e. The number of phenolic OH excluding ortho intramolecular Hbond substituents is 3. The summed E-state index contributed by atoms with van der Waals surface area (Å²) in [6.07, 6.45) is -0.690. The molecule has 2 amide bonds. The summed E-state index contributed by atoms with van der Waals surface area (Å²) in [7, 11) is 3.15. The summed E-state index contributed by atoms with van der Waals surface area (Å²) in [5.74, 6) is -0.299. The van der Waals surface area contributed by atoms with Crippen molar-refractivity contribution < 1.29 is 43.9 Å². The van der Waals surface area contributed by atoms with Crippen LogP contribution in [0.15, 0.2) is 66.7 Å². The molecule has 49 heavy (non-hydrogen) atoms.